The molecular weight excluding hydrogens is 458 g/mol. The van der Waals surface area contributed by atoms with Crippen LogP contribution in [-0.2, 0) is 22.4 Å². The Labute approximate surface area is 200 Å². The number of piperazine rings is 1. The van der Waals surface area contributed by atoms with E-state index in [0.29, 0.717) is 25.5 Å². The van der Waals surface area contributed by atoms with E-state index in [0.717, 1.165) is 67.7 Å². The minimum Gasteiger partial charge on any atom is -0.771 e. The quantitative estimate of drug-likeness (QED) is 0.440. The number of nitrogens with zero attached hydrogens (tertiary/aromatic N) is 7. The van der Waals surface area contributed by atoms with E-state index >= 15 is 0 Å². The maximum atomic E-state index is 11.0. The van der Waals surface area contributed by atoms with E-state index < -0.39 is 11.1 Å². The predicted octanol–water partition coefficient (Wildman–Crippen LogP) is 0.591. The number of pyridine rings is 1. The molecule has 0 N–H and O–H groups in total. The maximum absolute atomic E-state index is 11.0. The molecule has 11 nitrogen and oxygen atoms in total. The molecule has 3 aromatic rings. The van der Waals surface area contributed by atoms with E-state index in [-0.39, 0.29) is 5.88 Å². The summed E-state index contributed by atoms with van der Waals surface area (Å²) in [6, 6.07) is 1.93. The van der Waals surface area contributed by atoms with Crippen molar-refractivity contribution in [3.63, 3.8) is 0 Å². The van der Waals surface area contributed by atoms with Gasteiger partial charge in [-0.3, -0.25) is 19.0 Å². The van der Waals surface area contributed by atoms with E-state index in [1.807, 2.05) is 21.6 Å². The van der Waals surface area contributed by atoms with Crippen molar-refractivity contribution >= 4 is 22.5 Å². The molecule has 5 heterocycles. The summed E-state index contributed by atoms with van der Waals surface area (Å²) in [6.07, 6.45) is 7.49. The van der Waals surface area contributed by atoms with E-state index in [1.165, 1.54) is 0 Å². The van der Waals surface area contributed by atoms with Gasteiger partial charge in [-0.2, -0.15) is 0 Å². The average molecular weight is 487 g/mol. The minimum atomic E-state index is -2.04. The second-order valence-corrected chi connectivity index (χ2v) is 9.32. The van der Waals surface area contributed by atoms with Crippen LogP contribution >= 0.6 is 0 Å². The fraction of sp³-hybridized carbons (Fsp3) is 0.500. The van der Waals surface area contributed by atoms with Gasteiger partial charge in [0.15, 0.2) is 11.5 Å². The van der Waals surface area contributed by atoms with Crippen LogP contribution in [0.15, 0.2) is 30.9 Å². The first-order valence-electron chi connectivity index (χ1n) is 11.3. The van der Waals surface area contributed by atoms with Crippen LogP contribution in [0, 0.1) is 0 Å². The second kappa shape index (κ2) is 10.3. The maximum Gasteiger partial charge on any atom is 0.180 e. The first-order valence-corrected chi connectivity index (χ1v) is 12.5. The van der Waals surface area contributed by atoms with Gasteiger partial charge in [-0.05, 0) is 17.1 Å². The second-order valence-electron chi connectivity index (χ2n) is 8.45. The lowest BCUT2D eigenvalue weighted by atomic mass is 10.2. The number of anilines is 1. The molecule has 3 aromatic heterocycles. The topological polar surface area (TPSA) is 111 Å². The molecule has 182 valence electrons. The Morgan fingerprint density at radius 2 is 1.82 bits per heavy atom. The molecule has 1 atom stereocenters. The van der Waals surface area contributed by atoms with E-state index in [2.05, 4.69) is 21.0 Å². The lowest BCUT2D eigenvalue weighted by Gasteiger charge is -2.34. The number of rotatable bonds is 7. The third-order valence-corrected chi connectivity index (χ3v) is 6.74. The Morgan fingerprint density at radius 3 is 2.56 bits per heavy atom. The molecule has 0 spiro atoms. The van der Waals surface area contributed by atoms with Gasteiger partial charge < -0.3 is 23.3 Å². The Kier molecular flexibility index (Phi) is 7.02. The van der Waals surface area contributed by atoms with Gasteiger partial charge in [0.05, 0.1) is 43.8 Å². The van der Waals surface area contributed by atoms with Crippen LogP contribution in [-0.4, -0.2) is 103 Å². The SMILES string of the molecule is COc1cncc(-c2cn3cc(CN4CCN(CS(=O)[O-])CC4)nc3c(N3CCOCC3)n2)c1. The van der Waals surface area contributed by atoms with Crippen molar-refractivity contribution in [3.8, 4) is 17.0 Å². The zero-order valence-electron chi connectivity index (χ0n) is 19.1. The summed E-state index contributed by atoms with van der Waals surface area (Å²) in [5, 5.41) is 0. The normalized spacial score (nSPS) is 18.9. The fourth-order valence-electron chi connectivity index (χ4n) is 4.36. The van der Waals surface area contributed by atoms with Crippen molar-refractivity contribution < 1.29 is 18.2 Å². The Bertz CT molecular complexity index is 1160. The van der Waals surface area contributed by atoms with Gasteiger partial charge >= 0.3 is 0 Å². The summed E-state index contributed by atoms with van der Waals surface area (Å²) in [4.78, 5) is 20.7. The van der Waals surface area contributed by atoms with Crippen molar-refractivity contribution in [1.82, 2.24) is 29.2 Å². The highest BCUT2D eigenvalue weighted by Crippen LogP contribution is 2.27. The molecule has 2 saturated heterocycles. The molecule has 2 fully saturated rings. The molecule has 1 unspecified atom stereocenters. The van der Waals surface area contributed by atoms with Crippen LogP contribution in [0.5, 0.6) is 5.75 Å². The molecule has 12 heteroatoms. The summed E-state index contributed by atoms with van der Waals surface area (Å²) in [5.41, 5.74) is 3.44. The van der Waals surface area contributed by atoms with Crippen LogP contribution in [0.2, 0.25) is 0 Å². The van der Waals surface area contributed by atoms with Crippen LogP contribution in [0.3, 0.4) is 0 Å². The number of morpholine rings is 1. The van der Waals surface area contributed by atoms with E-state index in [4.69, 9.17) is 19.4 Å². The molecule has 0 aliphatic carbocycles. The highest BCUT2D eigenvalue weighted by Gasteiger charge is 2.22. The lowest BCUT2D eigenvalue weighted by Crippen LogP contribution is -2.46. The summed E-state index contributed by atoms with van der Waals surface area (Å²) in [6.45, 7) is 6.61. The van der Waals surface area contributed by atoms with Gasteiger partial charge in [-0.15, -0.1) is 0 Å². The fourth-order valence-corrected chi connectivity index (χ4v) is 4.92. The number of aromatic nitrogens is 4. The highest BCUT2D eigenvalue weighted by atomic mass is 32.2. The van der Waals surface area contributed by atoms with Crippen molar-refractivity contribution in [1.29, 1.82) is 0 Å². The largest absolute Gasteiger partial charge is 0.771 e. The first kappa shape index (κ1) is 23.1. The molecule has 0 bridgehead atoms. The van der Waals surface area contributed by atoms with Crippen LogP contribution in [0.1, 0.15) is 5.69 Å². The zero-order valence-corrected chi connectivity index (χ0v) is 19.9. The van der Waals surface area contributed by atoms with Gasteiger partial charge in [0.25, 0.3) is 0 Å². The number of hydrogen-bond donors (Lipinski definition) is 0. The minimum absolute atomic E-state index is 0.0959. The number of hydrogen-bond acceptors (Lipinski definition) is 10. The van der Waals surface area contributed by atoms with Gasteiger partial charge in [0, 0.05) is 70.0 Å². The molecule has 5 rings (SSSR count). The molecular formula is C22H28N7O4S-. The van der Waals surface area contributed by atoms with E-state index in [1.54, 1.807) is 19.5 Å². The summed E-state index contributed by atoms with van der Waals surface area (Å²) in [7, 11) is 1.62. The highest BCUT2D eigenvalue weighted by molar-refractivity contribution is 7.79. The van der Waals surface area contributed by atoms with Crippen molar-refractivity contribution in [3.05, 3.63) is 36.5 Å². The van der Waals surface area contributed by atoms with Gasteiger partial charge in [0.1, 0.15) is 5.75 Å². The number of methoxy groups -OCH3 is 1. The Morgan fingerprint density at radius 1 is 1.06 bits per heavy atom. The van der Waals surface area contributed by atoms with Crippen LogP contribution in [0.4, 0.5) is 5.82 Å². The molecule has 0 amide bonds. The van der Waals surface area contributed by atoms with Gasteiger partial charge in [-0.1, -0.05) is 0 Å². The number of ether oxygens (including phenoxy) is 2. The first-order chi connectivity index (χ1) is 16.6. The van der Waals surface area contributed by atoms with Crippen molar-refractivity contribution in [2.24, 2.45) is 0 Å². The summed E-state index contributed by atoms with van der Waals surface area (Å²) >= 11 is -2.04. The smallest absolute Gasteiger partial charge is 0.180 e. The predicted molar refractivity (Wildman–Crippen MR) is 126 cm³/mol. The van der Waals surface area contributed by atoms with Crippen LogP contribution < -0.4 is 9.64 Å². The van der Waals surface area contributed by atoms with Crippen LogP contribution in [0.25, 0.3) is 16.9 Å². The van der Waals surface area contributed by atoms with Crippen molar-refractivity contribution in [2.45, 2.75) is 6.54 Å². The molecule has 0 aromatic carbocycles. The van der Waals surface area contributed by atoms with Gasteiger partial charge in [-0.25, -0.2) is 9.97 Å². The molecule has 0 radical (unpaired) electrons. The molecule has 34 heavy (non-hydrogen) atoms. The van der Waals surface area contributed by atoms with Gasteiger partial charge in [0.2, 0.25) is 0 Å². The molecule has 0 saturated carbocycles. The lowest BCUT2D eigenvalue weighted by molar-refractivity contribution is 0.122. The summed E-state index contributed by atoms with van der Waals surface area (Å²) < 4.78 is 34.9. The zero-order chi connectivity index (χ0) is 23.5. The Hall–Kier alpha value is -2.64. The third kappa shape index (κ3) is 5.20. The average Bonchev–Trinajstić information content (AvgIpc) is 3.27. The van der Waals surface area contributed by atoms with E-state index in [9.17, 15) is 8.76 Å². The standard InChI is InChI=1S/C22H29N7O4S/c1-32-19-10-17(11-23-12-19)20-15-29-14-18(13-26-2-4-27(5-3-26)16-34(30)31)24-21(29)22(25-20)28-6-8-33-9-7-28/h10-12,14-15H,2-9,13,16H2,1H3,(H,30,31)/p-1. The van der Waals surface area contributed by atoms with Crippen molar-refractivity contribution in [2.75, 3.05) is 70.4 Å². The number of fused-ring (bicyclic) bond motifs is 1. The third-order valence-electron chi connectivity index (χ3n) is 6.16. The number of imidazole rings is 1. The molecule has 2 aliphatic rings. The molecule has 2 aliphatic heterocycles. The Balaban J connectivity index is 1.43. The monoisotopic (exact) mass is 486 g/mol. The summed E-state index contributed by atoms with van der Waals surface area (Å²) in [5.74, 6) is 1.61.